The molecule has 1 aromatic carbocycles. The molecule has 0 unspecified atom stereocenters. The zero-order valence-electron chi connectivity index (χ0n) is 18.4. The number of nitrogens with zero attached hydrogens (tertiary/aromatic N) is 4. The summed E-state index contributed by atoms with van der Waals surface area (Å²) in [5.74, 6) is 1.09. The monoisotopic (exact) mass is 407 g/mol. The quantitative estimate of drug-likeness (QED) is 0.649. The van der Waals surface area contributed by atoms with E-state index in [0.29, 0.717) is 0 Å². The molecule has 2 aromatic heterocycles. The van der Waals surface area contributed by atoms with Gasteiger partial charge in [0.25, 0.3) is 0 Å². The van der Waals surface area contributed by atoms with Crippen molar-refractivity contribution < 1.29 is 4.74 Å². The van der Waals surface area contributed by atoms with Crippen LogP contribution < -0.4 is 5.32 Å². The van der Waals surface area contributed by atoms with Crippen molar-refractivity contribution in [1.82, 2.24) is 19.3 Å². The maximum absolute atomic E-state index is 5.45. The number of hydrogen-bond donors (Lipinski definition) is 1. The smallest absolute Gasteiger partial charge is 0.157 e. The van der Waals surface area contributed by atoms with Gasteiger partial charge < -0.3 is 10.1 Å². The lowest BCUT2D eigenvalue weighted by atomic mass is 9.86. The molecule has 1 aliphatic heterocycles. The van der Waals surface area contributed by atoms with Crippen LogP contribution in [-0.2, 0) is 23.0 Å². The first kappa shape index (κ1) is 20.8. The standard InChI is InChI=1S/C24H33N5O/c1-24(2,3)20-7-4-19(5-8-20)6-9-21-23(29-13-10-25-18-22(29)27-21)26-11-12-28-14-16-30-17-15-28/h4-5,7-8,10,13,18,26H,6,9,11-12,14-17H2,1-3H3. The molecule has 0 saturated carbocycles. The molecule has 1 fully saturated rings. The van der Waals surface area contributed by atoms with Gasteiger partial charge in [-0.05, 0) is 29.4 Å². The summed E-state index contributed by atoms with van der Waals surface area (Å²) in [6.07, 6.45) is 7.50. The van der Waals surface area contributed by atoms with E-state index in [-0.39, 0.29) is 5.41 Å². The fourth-order valence-corrected chi connectivity index (χ4v) is 3.91. The Labute approximate surface area is 179 Å². The highest BCUT2D eigenvalue weighted by molar-refractivity contribution is 5.54. The fourth-order valence-electron chi connectivity index (χ4n) is 3.91. The Morgan fingerprint density at radius 1 is 1.07 bits per heavy atom. The maximum Gasteiger partial charge on any atom is 0.157 e. The predicted molar refractivity (Wildman–Crippen MR) is 121 cm³/mol. The Morgan fingerprint density at radius 3 is 2.57 bits per heavy atom. The Hall–Kier alpha value is -2.44. The highest BCUT2D eigenvalue weighted by Gasteiger charge is 2.15. The summed E-state index contributed by atoms with van der Waals surface area (Å²) in [4.78, 5) is 11.5. The summed E-state index contributed by atoms with van der Waals surface area (Å²) < 4.78 is 7.56. The van der Waals surface area contributed by atoms with Gasteiger partial charge in [-0.15, -0.1) is 0 Å². The summed E-state index contributed by atoms with van der Waals surface area (Å²) in [5.41, 5.74) is 4.90. The molecule has 3 aromatic rings. The summed E-state index contributed by atoms with van der Waals surface area (Å²) in [7, 11) is 0. The van der Waals surface area contributed by atoms with E-state index in [1.807, 2.05) is 18.6 Å². The van der Waals surface area contributed by atoms with Crippen LogP contribution in [0.25, 0.3) is 5.65 Å². The normalized spacial score (nSPS) is 15.6. The predicted octanol–water partition coefficient (Wildman–Crippen LogP) is 3.56. The van der Waals surface area contributed by atoms with Gasteiger partial charge in [0.15, 0.2) is 5.65 Å². The average molecular weight is 408 g/mol. The van der Waals surface area contributed by atoms with Crippen molar-refractivity contribution in [2.75, 3.05) is 44.7 Å². The molecular weight excluding hydrogens is 374 g/mol. The van der Waals surface area contributed by atoms with E-state index in [1.54, 1.807) is 0 Å². The van der Waals surface area contributed by atoms with Crippen molar-refractivity contribution >= 4 is 11.5 Å². The number of imidazole rings is 1. The van der Waals surface area contributed by atoms with Crippen LogP contribution >= 0.6 is 0 Å². The average Bonchev–Trinajstić information content (AvgIpc) is 3.10. The maximum atomic E-state index is 5.45. The van der Waals surface area contributed by atoms with Gasteiger partial charge in [0, 0.05) is 38.6 Å². The van der Waals surface area contributed by atoms with Gasteiger partial charge in [-0.1, -0.05) is 45.0 Å². The second-order valence-electron chi connectivity index (χ2n) is 9.04. The van der Waals surface area contributed by atoms with Crippen molar-refractivity contribution in [3.05, 3.63) is 59.7 Å². The summed E-state index contributed by atoms with van der Waals surface area (Å²) in [6, 6.07) is 9.02. The van der Waals surface area contributed by atoms with Gasteiger partial charge in [0.2, 0.25) is 0 Å². The first-order chi connectivity index (χ1) is 14.5. The van der Waals surface area contributed by atoms with Crippen LogP contribution in [0.1, 0.15) is 37.6 Å². The molecule has 160 valence electrons. The van der Waals surface area contributed by atoms with Crippen molar-refractivity contribution in [2.24, 2.45) is 0 Å². The van der Waals surface area contributed by atoms with Crippen LogP contribution in [-0.4, -0.2) is 58.7 Å². The lowest BCUT2D eigenvalue weighted by Crippen LogP contribution is -2.39. The first-order valence-corrected chi connectivity index (χ1v) is 10.9. The first-order valence-electron chi connectivity index (χ1n) is 10.9. The van der Waals surface area contributed by atoms with E-state index in [2.05, 4.69) is 64.6 Å². The number of aromatic nitrogens is 3. The van der Waals surface area contributed by atoms with Crippen LogP contribution in [0.4, 0.5) is 5.82 Å². The molecule has 6 nitrogen and oxygen atoms in total. The van der Waals surface area contributed by atoms with Crippen molar-refractivity contribution in [3.63, 3.8) is 0 Å². The van der Waals surface area contributed by atoms with Crippen molar-refractivity contribution in [3.8, 4) is 0 Å². The number of morpholine rings is 1. The lowest BCUT2D eigenvalue weighted by Gasteiger charge is -2.26. The number of rotatable bonds is 7. The second kappa shape index (κ2) is 9.14. The number of hydrogen-bond acceptors (Lipinski definition) is 5. The van der Waals surface area contributed by atoms with Gasteiger partial charge in [-0.25, -0.2) is 4.98 Å². The van der Waals surface area contributed by atoms with Crippen LogP contribution in [0.2, 0.25) is 0 Å². The molecule has 0 radical (unpaired) electrons. The number of benzene rings is 1. The largest absolute Gasteiger partial charge is 0.379 e. The Kier molecular flexibility index (Phi) is 6.35. The molecule has 30 heavy (non-hydrogen) atoms. The zero-order valence-corrected chi connectivity index (χ0v) is 18.4. The molecule has 0 aliphatic carbocycles. The topological polar surface area (TPSA) is 54.7 Å². The third-order valence-electron chi connectivity index (χ3n) is 5.80. The molecule has 1 N–H and O–H groups in total. The molecule has 4 rings (SSSR count). The Bertz CT molecular complexity index is 952. The van der Waals surface area contributed by atoms with E-state index in [4.69, 9.17) is 9.72 Å². The van der Waals surface area contributed by atoms with E-state index in [0.717, 1.165) is 69.4 Å². The number of fused-ring (bicyclic) bond motifs is 1. The molecule has 0 amide bonds. The van der Waals surface area contributed by atoms with Gasteiger partial charge in [0.05, 0.1) is 25.1 Å². The van der Waals surface area contributed by atoms with Gasteiger partial charge in [-0.2, -0.15) is 0 Å². The van der Waals surface area contributed by atoms with Gasteiger partial charge >= 0.3 is 0 Å². The molecule has 0 bridgehead atoms. The van der Waals surface area contributed by atoms with Crippen molar-refractivity contribution in [1.29, 1.82) is 0 Å². The Balaban J connectivity index is 1.44. The van der Waals surface area contributed by atoms with Crippen LogP contribution in [0.3, 0.4) is 0 Å². The van der Waals surface area contributed by atoms with Gasteiger partial charge in [-0.3, -0.25) is 14.3 Å². The molecule has 0 spiro atoms. The number of aryl methyl sites for hydroxylation is 2. The van der Waals surface area contributed by atoms with Gasteiger partial charge in [0.1, 0.15) is 5.82 Å². The fraction of sp³-hybridized carbons (Fsp3) is 0.500. The highest BCUT2D eigenvalue weighted by atomic mass is 16.5. The number of ether oxygens (including phenoxy) is 1. The SMILES string of the molecule is CC(C)(C)c1ccc(CCc2nc3cnccn3c2NCCN2CCOCC2)cc1. The van der Waals surface area contributed by atoms with Crippen molar-refractivity contribution in [2.45, 2.75) is 39.0 Å². The van der Waals surface area contributed by atoms with E-state index >= 15 is 0 Å². The van der Waals surface area contributed by atoms with E-state index in [9.17, 15) is 0 Å². The molecule has 6 heteroatoms. The minimum Gasteiger partial charge on any atom is -0.379 e. The highest BCUT2D eigenvalue weighted by Crippen LogP contribution is 2.23. The summed E-state index contributed by atoms with van der Waals surface area (Å²) in [5, 5.41) is 3.64. The van der Waals surface area contributed by atoms with Crippen LogP contribution in [0, 0.1) is 0 Å². The molecule has 1 aliphatic rings. The third kappa shape index (κ3) is 4.99. The molecular formula is C24H33N5O. The third-order valence-corrected chi connectivity index (χ3v) is 5.80. The van der Waals surface area contributed by atoms with E-state index in [1.165, 1.54) is 11.1 Å². The molecule has 1 saturated heterocycles. The summed E-state index contributed by atoms with van der Waals surface area (Å²) >= 11 is 0. The second-order valence-corrected chi connectivity index (χ2v) is 9.04. The minimum absolute atomic E-state index is 0.185. The van der Waals surface area contributed by atoms with Crippen LogP contribution in [0.5, 0.6) is 0 Å². The minimum atomic E-state index is 0.185. The zero-order chi connectivity index (χ0) is 21.0. The molecule has 0 atom stereocenters. The van der Waals surface area contributed by atoms with Crippen LogP contribution in [0.15, 0.2) is 42.9 Å². The number of anilines is 1. The Morgan fingerprint density at radius 2 is 1.83 bits per heavy atom. The summed E-state index contributed by atoms with van der Waals surface area (Å²) in [6.45, 7) is 12.3. The lowest BCUT2D eigenvalue weighted by molar-refractivity contribution is 0.0398. The molecule has 3 heterocycles. The van der Waals surface area contributed by atoms with E-state index < -0.39 is 0 Å². The number of nitrogens with one attached hydrogen (secondary N) is 1.